The Morgan fingerprint density at radius 2 is 1.52 bits per heavy atom. The van der Waals surface area contributed by atoms with E-state index >= 15 is 0 Å². The smallest absolute Gasteiger partial charge is 0.0233 e. The van der Waals surface area contributed by atoms with Crippen molar-refractivity contribution in [2.24, 2.45) is 17.8 Å². The fourth-order valence-electron chi connectivity index (χ4n) is 5.01. The summed E-state index contributed by atoms with van der Waals surface area (Å²) < 4.78 is 0. The monoisotopic (exact) mass is 313 g/mol. The van der Waals surface area contributed by atoms with Crippen molar-refractivity contribution in [2.45, 2.75) is 19.4 Å². The lowest BCUT2D eigenvalue weighted by Gasteiger charge is -2.34. The molecule has 1 aromatic rings. The molecule has 0 aliphatic carbocycles. The minimum atomic E-state index is 0.929. The fraction of sp³-hybridized carbons (Fsp3) is 0.700. The fourth-order valence-corrected chi connectivity index (χ4v) is 5.01. The molecule has 3 nitrogen and oxygen atoms in total. The average molecular weight is 313 g/mol. The number of likely N-dealkylation sites (tertiary alicyclic amines) is 3. The second-order valence-electron chi connectivity index (χ2n) is 8.17. The minimum Gasteiger partial charge on any atom is -0.306 e. The van der Waals surface area contributed by atoms with E-state index in [0.29, 0.717) is 0 Å². The number of fused-ring (bicyclic) bond motifs is 1. The first-order valence-electron chi connectivity index (χ1n) is 9.43. The molecule has 23 heavy (non-hydrogen) atoms. The highest BCUT2D eigenvalue weighted by Crippen LogP contribution is 2.31. The zero-order valence-corrected chi connectivity index (χ0v) is 14.5. The lowest BCUT2D eigenvalue weighted by atomic mass is 9.96. The molecule has 1 aromatic carbocycles. The zero-order chi connectivity index (χ0) is 15.6. The Kier molecular flexibility index (Phi) is 4.70. The molecule has 3 saturated heterocycles. The van der Waals surface area contributed by atoms with Gasteiger partial charge in [-0.3, -0.25) is 4.90 Å². The maximum Gasteiger partial charge on any atom is 0.0233 e. The molecular weight excluding hydrogens is 282 g/mol. The SMILES string of the molecule is CN1CC2CN(CC3CCN(Cc4ccccc4)CC3)CC2C1. The van der Waals surface area contributed by atoms with Crippen LogP contribution in [0.3, 0.4) is 0 Å². The van der Waals surface area contributed by atoms with Gasteiger partial charge in [0, 0.05) is 39.3 Å². The van der Waals surface area contributed by atoms with Gasteiger partial charge in [0.25, 0.3) is 0 Å². The van der Waals surface area contributed by atoms with Crippen LogP contribution in [-0.2, 0) is 6.54 Å². The maximum atomic E-state index is 2.78. The van der Waals surface area contributed by atoms with Gasteiger partial charge in [-0.15, -0.1) is 0 Å². The normalized spacial score (nSPS) is 30.8. The van der Waals surface area contributed by atoms with Gasteiger partial charge in [0.2, 0.25) is 0 Å². The van der Waals surface area contributed by atoms with Gasteiger partial charge in [0.15, 0.2) is 0 Å². The van der Waals surface area contributed by atoms with Gasteiger partial charge in [-0.2, -0.15) is 0 Å². The summed E-state index contributed by atoms with van der Waals surface area (Å²) in [5, 5.41) is 0. The van der Waals surface area contributed by atoms with Gasteiger partial charge >= 0.3 is 0 Å². The van der Waals surface area contributed by atoms with Crippen LogP contribution in [0.5, 0.6) is 0 Å². The summed E-state index contributed by atoms with van der Waals surface area (Å²) in [6.45, 7) is 10.4. The summed E-state index contributed by atoms with van der Waals surface area (Å²) >= 11 is 0. The number of hydrogen-bond donors (Lipinski definition) is 0. The summed E-state index contributed by atoms with van der Waals surface area (Å²) in [7, 11) is 2.28. The molecule has 4 rings (SSSR count). The molecule has 3 aliphatic heterocycles. The van der Waals surface area contributed by atoms with E-state index in [0.717, 1.165) is 24.3 Å². The molecule has 3 heterocycles. The quantitative estimate of drug-likeness (QED) is 0.845. The highest BCUT2D eigenvalue weighted by atomic mass is 15.2. The van der Waals surface area contributed by atoms with Crippen LogP contribution in [-0.4, -0.2) is 67.6 Å². The van der Waals surface area contributed by atoms with Gasteiger partial charge in [0.1, 0.15) is 0 Å². The number of rotatable bonds is 4. The first-order valence-corrected chi connectivity index (χ1v) is 9.43. The average Bonchev–Trinajstić information content (AvgIpc) is 3.07. The molecule has 0 bridgehead atoms. The van der Waals surface area contributed by atoms with Crippen molar-refractivity contribution in [3.05, 3.63) is 35.9 Å². The molecule has 3 heteroatoms. The molecule has 3 fully saturated rings. The highest BCUT2D eigenvalue weighted by Gasteiger charge is 2.39. The number of nitrogens with zero attached hydrogens (tertiary/aromatic N) is 3. The Bertz CT molecular complexity index is 481. The summed E-state index contributed by atoms with van der Waals surface area (Å²) in [6, 6.07) is 10.9. The topological polar surface area (TPSA) is 9.72 Å². The van der Waals surface area contributed by atoms with Gasteiger partial charge < -0.3 is 9.80 Å². The van der Waals surface area contributed by atoms with E-state index in [2.05, 4.69) is 52.1 Å². The molecular formula is C20H31N3. The second-order valence-corrected chi connectivity index (χ2v) is 8.17. The van der Waals surface area contributed by atoms with Crippen molar-refractivity contribution in [1.29, 1.82) is 0 Å². The summed E-state index contributed by atoms with van der Waals surface area (Å²) in [5.41, 5.74) is 1.46. The molecule has 0 saturated carbocycles. The predicted octanol–water partition coefficient (Wildman–Crippen LogP) is 2.39. The molecule has 0 spiro atoms. The maximum absolute atomic E-state index is 2.78. The van der Waals surface area contributed by atoms with Crippen LogP contribution in [0.4, 0.5) is 0 Å². The van der Waals surface area contributed by atoms with Crippen molar-refractivity contribution in [3.63, 3.8) is 0 Å². The van der Waals surface area contributed by atoms with Crippen LogP contribution in [0.1, 0.15) is 18.4 Å². The molecule has 2 unspecified atom stereocenters. The predicted molar refractivity (Wildman–Crippen MR) is 95.4 cm³/mol. The van der Waals surface area contributed by atoms with Crippen LogP contribution in [0, 0.1) is 17.8 Å². The number of hydrogen-bond acceptors (Lipinski definition) is 3. The van der Waals surface area contributed by atoms with E-state index in [4.69, 9.17) is 0 Å². The Balaban J connectivity index is 1.20. The third-order valence-electron chi connectivity index (χ3n) is 6.22. The largest absolute Gasteiger partial charge is 0.306 e. The number of piperidine rings is 1. The first kappa shape index (κ1) is 15.6. The Morgan fingerprint density at radius 1 is 0.870 bits per heavy atom. The van der Waals surface area contributed by atoms with Crippen LogP contribution in [0.25, 0.3) is 0 Å². The van der Waals surface area contributed by atoms with Gasteiger partial charge in [-0.25, -0.2) is 0 Å². The molecule has 3 aliphatic rings. The zero-order valence-electron chi connectivity index (χ0n) is 14.5. The lowest BCUT2D eigenvalue weighted by molar-refractivity contribution is 0.143. The van der Waals surface area contributed by atoms with E-state index in [1.165, 1.54) is 64.2 Å². The molecule has 2 atom stereocenters. The third kappa shape index (κ3) is 3.78. The molecule has 0 amide bonds. The van der Waals surface area contributed by atoms with E-state index in [1.807, 2.05) is 0 Å². The van der Waals surface area contributed by atoms with Crippen molar-refractivity contribution >= 4 is 0 Å². The Labute approximate surface area is 141 Å². The third-order valence-corrected chi connectivity index (χ3v) is 6.22. The molecule has 0 aromatic heterocycles. The second kappa shape index (κ2) is 6.92. The van der Waals surface area contributed by atoms with Crippen molar-refractivity contribution < 1.29 is 0 Å². The Hall–Kier alpha value is -0.900. The van der Waals surface area contributed by atoms with E-state index in [9.17, 15) is 0 Å². The van der Waals surface area contributed by atoms with Crippen LogP contribution in [0.2, 0.25) is 0 Å². The van der Waals surface area contributed by atoms with Gasteiger partial charge in [0.05, 0.1) is 0 Å². The van der Waals surface area contributed by atoms with Crippen LogP contribution in [0.15, 0.2) is 30.3 Å². The number of benzene rings is 1. The van der Waals surface area contributed by atoms with Crippen LogP contribution >= 0.6 is 0 Å². The first-order chi connectivity index (χ1) is 11.3. The highest BCUT2D eigenvalue weighted by molar-refractivity contribution is 5.14. The van der Waals surface area contributed by atoms with Crippen molar-refractivity contribution in [3.8, 4) is 0 Å². The van der Waals surface area contributed by atoms with Gasteiger partial charge in [-0.1, -0.05) is 30.3 Å². The van der Waals surface area contributed by atoms with E-state index in [-0.39, 0.29) is 0 Å². The van der Waals surface area contributed by atoms with Crippen molar-refractivity contribution in [1.82, 2.24) is 14.7 Å². The Morgan fingerprint density at radius 3 is 2.17 bits per heavy atom. The lowest BCUT2D eigenvalue weighted by Crippen LogP contribution is -2.38. The summed E-state index contributed by atoms with van der Waals surface area (Å²) in [4.78, 5) is 7.94. The molecule has 126 valence electrons. The minimum absolute atomic E-state index is 0.929. The van der Waals surface area contributed by atoms with Gasteiger partial charge in [-0.05, 0) is 56.3 Å². The van der Waals surface area contributed by atoms with E-state index in [1.54, 1.807) is 0 Å². The van der Waals surface area contributed by atoms with Crippen molar-refractivity contribution in [2.75, 3.05) is 52.9 Å². The van der Waals surface area contributed by atoms with Crippen LogP contribution < -0.4 is 0 Å². The molecule has 0 N–H and O–H groups in total. The summed E-state index contributed by atoms with van der Waals surface area (Å²) in [6.07, 6.45) is 2.77. The van der Waals surface area contributed by atoms with E-state index < -0.39 is 0 Å². The summed E-state index contributed by atoms with van der Waals surface area (Å²) in [5.74, 6) is 2.84. The standard InChI is InChI=1S/C20H31N3/c1-21-13-19-15-23(16-20(19)14-21)12-18-7-9-22(10-8-18)11-17-5-3-2-4-6-17/h2-6,18-20H,7-16H2,1H3. The molecule has 0 radical (unpaired) electrons.